The number of hydrogen-bond donors (Lipinski definition) is 0. The molecule has 1 fully saturated rings. The Bertz CT molecular complexity index is 302. The zero-order valence-electron chi connectivity index (χ0n) is 11.4. The van der Waals surface area contributed by atoms with E-state index in [1.807, 2.05) is 20.8 Å². The van der Waals surface area contributed by atoms with E-state index in [-0.39, 0.29) is 22.9 Å². The van der Waals surface area contributed by atoms with Crippen LogP contribution in [0.2, 0.25) is 0 Å². The molecule has 2 heteroatoms. The number of rotatable bonds is 2. The van der Waals surface area contributed by atoms with Crippen molar-refractivity contribution < 1.29 is 9.53 Å². The molecule has 0 amide bonds. The number of carbonyl (C=O) groups excluding carboxylic acids is 1. The summed E-state index contributed by atoms with van der Waals surface area (Å²) in [7, 11) is 0. The van der Waals surface area contributed by atoms with Gasteiger partial charge in [0.1, 0.15) is 5.60 Å². The molecule has 0 saturated heterocycles. The van der Waals surface area contributed by atoms with E-state index in [9.17, 15) is 4.79 Å². The molecule has 0 bridgehead atoms. The molecule has 2 unspecified atom stereocenters. The van der Waals surface area contributed by atoms with Gasteiger partial charge in [0.05, 0.1) is 5.92 Å². The van der Waals surface area contributed by atoms with E-state index in [1.54, 1.807) is 0 Å². The van der Waals surface area contributed by atoms with Gasteiger partial charge in [-0.15, -0.1) is 0 Å². The van der Waals surface area contributed by atoms with E-state index >= 15 is 0 Å². The standard InChI is InChI=1S/C14H24O2/c1-9(13(2,3)4)10-8-11(10)12(15)16-14(5,6)7/h10-11H,1,8H2,2-7H3. The van der Waals surface area contributed by atoms with Gasteiger partial charge in [-0.2, -0.15) is 0 Å². The molecule has 1 aliphatic rings. The molecule has 0 spiro atoms. The minimum absolute atomic E-state index is 0.0472. The molecule has 1 aliphatic carbocycles. The van der Waals surface area contributed by atoms with Crippen molar-refractivity contribution in [2.45, 2.75) is 53.6 Å². The van der Waals surface area contributed by atoms with E-state index < -0.39 is 0 Å². The maximum atomic E-state index is 11.8. The third-order valence-electron chi connectivity index (χ3n) is 2.91. The fraction of sp³-hybridized carbons (Fsp3) is 0.786. The molecule has 2 nitrogen and oxygen atoms in total. The monoisotopic (exact) mass is 224 g/mol. The second-order valence-corrected chi connectivity index (χ2v) is 6.76. The summed E-state index contributed by atoms with van der Waals surface area (Å²) < 4.78 is 5.37. The summed E-state index contributed by atoms with van der Waals surface area (Å²) in [5.74, 6) is 0.309. The number of allylic oxidation sites excluding steroid dienone is 1. The summed E-state index contributed by atoms with van der Waals surface area (Å²) in [4.78, 5) is 11.8. The molecule has 1 rings (SSSR count). The van der Waals surface area contributed by atoms with Gasteiger partial charge >= 0.3 is 5.97 Å². The number of carbonyl (C=O) groups is 1. The first-order valence-electron chi connectivity index (χ1n) is 5.94. The van der Waals surface area contributed by atoms with Crippen LogP contribution in [0.4, 0.5) is 0 Å². The van der Waals surface area contributed by atoms with Crippen LogP contribution >= 0.6 is 0 Å². The fourth-order valence-electron chi connectivity index (χ4n) is 1.77. The van der Waals surface area contributed by atoms with Gasteiger partial charge in [0.15, 0.2) is 0 Å². The van der Waals surface area contributed by atoms with Crippen molar-refractivity contribution in [1.29, 1.82) is 0 Å². The first-order chi connectivity index (χ1) is 7.02. The van der Waals surface area contributed by atoms with Crippen LogP contribution in [-0.4, -0.2) is 11.6 Å². The van der Waals surface area contributed by atoms with Crippen LogP contribution in [0.15, 0.2) is 12.2 Å². The maximum absolute atomic E-state index is 11.8. The first-order valence-corrected chi connectivity index (χ1v) is 5.94. The second-order valence-electron chi connectivity index (χ2n) is 6.76. The normalized spacial score (nSPS) is 25.1. The van der Waals surface area contributed by atoms with Crippen molar-refractivity contribution in [2.75, 3.05) is 0 Å². The summed E-state index contributed by atoms with van der Waals surface area (Å²) in [5, 5.41) is 0. The molecule has 1 saturated carbocycles. The van der Waals surface area contributed by atoms with Gasteiger partial charge < -0.3 is 4.74 Å². The molecule has 16 heavy (non-hydrogen) atoms. The smallest absolute Gasteiger partial charge is 0.310 e. The van der Waals surface area contributed by atoms with Crippen molar-refractivity contribution in [3.8, 4) is 0 Å². The van der Waals surface area contributed by atoms with E-state index in [0.717, 1.165) is 6.42 Å². The highest BCUT2D eigenvalue weighted by molar-refractivity contribution is 5.77. The van der Waals surface area contributed by atoms with Crippen LogP contribution in [0, 0.1) is 17.3 Å². The largest absolute Gasteiger partial charge is 0.460 e. The van der Waals surface area contributed by atoms with Gasteiger partial charge in [0.25, 0.3) is 0 Å². The zero-order chi connectivity index (χ0) is 12.7. The number of ether oxygens (including phenoxy) is 1. The summed E-state index contributed by atoms with van der Waals surface area (Å²) in [6, 6.07) is 0. The summed E-state index contributed by atoms with van der Waals surface area (Å²) >= 11 is 0. The molecule has 0 radical (unpaired) electrons. The van der Waals surface area contributed by atoms with E-state index in [0.29, 0.717) is 5.92 Å². The van der Waals surface area contributed by atoms with Crippen LogP contribution in [-0.2, 0) is 9.53 Å². The van der Waals surface area contributed by atoms with Gasteiger partial charge in [-0.25, -0.2) is 0 Å². The first kappa shape index (κ1) is 13.3. The molecule has 0 heterocycles. The Morgan fingerprint density at radius 1 is 1.12 bits per heavy atom. The zero-order valence-corrected chi connectivity index (χ0v) is 11.4. The molecular formula is C14H24O2. The van der Waals surface area contributed by atoms with Crippen LogP contribution in [0.5, 0.6) is 0 Å². The van der Waals surface area contributed by atoms with Gasteiger partial charge in [0.2, 0.25) is 0 Å². The number of hydrogen-bond acceptors (Lipinski definition) is 2. The van der Waals surface area contributed by atoms with Crippen LogP contribution in [0.25, 0.3) is 0 Å². The van der Waals surface area contributed by atoms with Gasteiger partial charge in [0, 0.05) is 0 Å². The van der Waals surface area contributed by atoms with Gasteiger partial charge in [-0.1, -0.05) is 32.9 Å². The number of esters is 1. The summed E-state index contributed by atoms with van der Waals surface area (Å²) in [6.07, 6.45) is 0.908. The van der Waals surface area contributed by atoms with E-state index in [2.05, 4.69) is 27.4 Å². The Hall–Kier alpha value is -0.790. The second kappa shape index (κ2) is 3.90. The highest BCUT2D eigenvalue weighted by Gasteiger charge is 2.48. The average molecular weight is 224 g/mol. The Kier molecular flexibility index (Phi) is 3.24. The molecule has 92 valence electrons. The average Bonchev–Trinajstić information content (AvgIpc) is 2.75. The lowest BCUT2D eigenvalue weighted by Gasteiger charge is -2.23. The third kappa shape index (κ3) is 3.36. The Labute approximate surface area is 99.1 Å². The summed E-state index contributed by atoms with van der Waals surface area (Å²) in [5.41, 5.74) is 0.873. The van der Waals surface area contributed by atoms with Gasteiger partial charge in [-0.05, 0) is 38.5 Å². The topological polar surface area (TPSA) is 26.3 Å². The maximum Gasteiger partial charge on any atom is 0.310 e. The molecule has 0 aromatic rings. The summed E-state index contributed by atoms with van der Waals surface area (Å²) in [6.45, 7) is 16.2. The van der Waals surface area contributed by atoms with Gasteiger partial charge in [-0.3, -0.25) is 4.79 Å². The van der Waals surface area contributed by atoms with E-state index in [1.165, 1.54) is 5.57 Å². The fourth-order valence-corrected chi connectivity index (χ4v) is 1.77. The molecule has 2 atom stereocenters. The minimum atomic E-state index is -0.382. The van der Waals surface area contributed by atoms with Crippen molar-refractivity contribution in [2.24, 2.45) is 17.3 Å². The minimum Gasteiger partial charge on any atom is -0.460 e. The Balaban J connectivity index is 2.52. The molecular weight excluding hydrogens is 200 g/mol. The predicted octanol–water partition coefficient (Wildman–Crippen LogP) is 3.57. The lowest BCUT2D eigenvalue weighted by molar-refractivity contribution is -0.156. The molecule has 0 aliphatic heterocycles. The van der Waals surface area contributed by atoms with Crippen LogP contribution in [0.3, 0.4) is 0 Å². The van der Waals surface area contributed by atoms with Crippen molar-refractivity contribution >= 4 is 5.97 Å². The highest BCUT2D eigenvalue weighted by Crippen LogP contribution is 2.50. The SMILES string of the molecule is C=C(C1CC1C(=O)OC(C)(C)C)C(C)(C)C. The highest BCUT2D eigenvalue weighted by atomic mass is 16.6. The Morgan fingerprint density at radius 3 is 2.00 bits per heavy atom. The predicted molar refractivity (Wildman–Crippen MR) is 66.0 cm³/mol. The Morgan fingerprint density at radius 2 is 1.62 bits per heavy atom. The lowest BCUT2D eigenvalue weighted by atomic mass is 9.84. The molecule has 0 aromatic carbocycles. The third-order valence-corrected chi connectivity index (χ3v) is 2.91. The lowest BCUT2D eigenvalue weighted by Crippen LogP contribution is -2.25. The van der Waals surface area contributed by atoms with Crippen molar-refractivity contribution in [3.05, 3.63) is 12.2 Å². The van der Waals surface area contributed by atoms with E-state index in [4.69, 9.17) is 4.74 Å². The van der Waals surface area contributed by atoms with Crippen molar-refractivity contribution in [3.63, 3.8) is 0 Å². The van der Waals surface area contributed by atoms with Crippen LogP contribution in [0.1, 0.15) is 48.0 Å². The quantitative estimate of drug-likeness (QED) is 0.529. The molecule has 0 N–H and O–H groups in total. The van der Waals surface area contributed by atoms with Crippen LogP contribution < -0.4 is 0 Å². The molecule has 0 aromatic heterocycles. The van der Waals surface area contributed by atoms with Crippen molar-refractivity contribution in [1.82, 2.24) is 0 Å².